The van der Waals surface area contributed by atoms with Gasteiger partial charge in [-0.25, -0.2) is 8.78 Å². The maximum absolute atomic E-state index is 14.0. The molecule has 0 saturated heterocycles. The summed E-state index contributed by atoms with van der Waals surface area (Å²) in [7, 11) is 1.69. The van der Waals surface area contributed by atoms with Gasteiger partial charge in [-0.2, -0.15) is 0 Å². The van der Waals surface area contributed by atoms with Crippen molar-refractivity contribution in [3.63, 3.8) is 0 Å². The SMILES string of the molecule is Cc1ccc(CN(C)c2c(F)cc(CBr)cc2F)cc1. The second kappa shape index (κ2) is 6.35. The van der Waals surface area contributed by atoms with Crippen LogP contribution in [0.3, 0.4) is 0 Å². The molecule has 0 heterocycles. The van der Waals surface area contributed by atoms with Crippen molar-refractivity contribution in [3.05, 3.63) is 64.7 Å². The third-order valence-corrected chi connectivity index (χ3v) is 3.80. The van der Waals surface area contributed by atoms with E-state index in [1.54, 1.807) is 11.9 Å². The average Bonchev–Trinajstić information content (AvgIpc) is 2.40. The molecule has 0 aromatic heterocycles. The van der Waals surface area contributed by atoms with E-state index in [9.17, 15) is 8.78 Å². The van der Waals surface area contributed by atoms with Gasteiger partial charge in [0.2, 0.25) is 0 Å². The summed E-state index contributed by atoms with van der Waals surface area (Å²) >= 11 is 3.20. The molecule has 2 aromatic rings. The van der Waals surface area contributed by atoms with Gasteiger partial charge in [0.25, 0.3) is 0 Å². The summed E-state index contributed by atoms with van der Waals surface area (Å²) in [6.45, 7) is 2.47. The molecule has 0 radical (unpaired) electrons. The lowest BCUT2D eigenvalue weighted by Gasteiger charge is -2.21. The molecular formula is C16H16BrF2N. The van der Waals surface area contributed by atoms with E-state index in [1.807, 2.05) is 31.2 Å². The van der Waals surface area contributed by atoms with Crippen LogP contribution in [0, 0.1) is 18.6 Å². The first-order valence-corrected chi connectivity index (χ1v) is 7.44. The summed E-state index contributed by atoms with van der Waals surface area (Å²) in [5, 5.41) is 0.433. The van der Waals surface area contributed by atoms with Crippen LogP contribution in [0.15, 0.2) is 36.4 Å². The predicted octanol–water partition coefficient (Wildman–Crippen LogP) is 4.80. The lowest BCUT2D eigenvalue weighted by Crippen LogP contribution is -2.19. The lowest BCUT2D eigenvalue weighted by atomic mass is 10.1. The van der Waals surface area contributed by atoms with E-state index in [-0.39, 0.29) is 5.69 Å². The number of benzene rings is 2. The number of alkyl halides is 1. The van der Waals surface area contributed by atoms with Crippen LogP contribution in [0.5, 0.6) is 0 Å². The fourth-order valence-corrected chi connectivity index (χ4v) is 2.43. The third kappa shape index (κ3) is 3.37. The molecule has 106 valence electrons. The van der Waals surface area contributed by atoms with Gasteiger partial charge in [0.05, 0.1) is 0 Å². The highest BCUT2D eigenvalue weighted by Gasteiger charge is 2.15. The number of hydrogen-bond donors (Lipinski definition) is 0. The molecule has 0 fully saturated rings. The van der Waals surface area contributed by atoms with Crippen molar-refractivity contribution in [2.75, 3.05) is 11.9 Å². The molecule has 0 bridgehead atoms. The molecule has 2 aromatic carbocycles. The van der Waals surface area contributed by atoms with Crippen LogP contribution < -0.4 is 4.90 Å². The van der Waals surface area contributed by atoms with Crippen molar-refractivity contribution in [2.24, 2.45) is 0 Å². The van der Waals surface area contributed by atoms with Crippen LogP contribution in [0.1, 0.15) is 16.7 Å². The molecule has 0 aliphatic carbocycles. The Labute approximate surface area is 126 Å². The van der Waals surface area contributed by atoms with Gasteiger partial charge in [0, 0.05) is 18.9 Å². The Hall–Kier alpha value is -1.42. The first-order valence-electron chi connectivity index (χ1n) is 6.32. The van der Waals surface area contributed by atoms with E-state index in [0.717, 1.165) is 11.1 Å². The molecule has 0 N–H and O–H groups in total. The zero-order chi connectivity index (χ0) is 14.7. The summed E-state index contributed by atoms with van der Waals surface area (Å²) in [4.78, 5) is 1.59. The fraction of sp³-hybridized carbons (Fsp3) is 0.250. The topological polar surface area (TPSA) is 3.24 Å². The van der Waals surface area contributed by atoms with Crippen LogP contribution in [-0.4, -0.2) is 7.05 Å². The highest BCUT2D eigenvalue weighted by molar-refractivity contribution is 9.08. The monoisotopic (exact) mass is 339 g/mol. The molecular weight excluding hydrogens is 324 g/mol. The number of anilines is 1. The van der Waals surface area contributed by atoms with Crippen LogP contribution in [0.4, 0.5) is 14.5 Å². The molecule has 4 heteroatoms. The standard InChI is InChI=1S/C16H16BrF2N/c1-11-3-5-12(6-4-11)10-20(2)16-14(18)7-13(9-17)8-15(16)19/h3-8H,9-10H2,1-2H3. The number of nitrogens with zero attached hydrogens (tertiary/aromatic N) is 1. The minimum Gasteiger partial charge on any atom is -0.366 e. The zero-order valence-corrected chi connectivity index (χ0v) is 13.0. The molecule has 1 nitrogen and oxygen atoms in total. The number of rotatable bonds is 4. The van der Waals surface area contributed by atoms with Crippen molar-refractivity contribution in [1.29, 1.82) is 0 Å². The van der Waals surface area contributed by atoms with Gasteiger partial charge >= 0.3 is 0 Å². The van der Waals surface area contributed by atoms with E-state index >= 15 is 0 Å². The molecule has 0 amide bonds. The molecule has 0 unspecified atom stereocenters. The fourth-order valence-electron chi connectivity index (χ4n) is 2.11. The molecule has 0 saturated carbocycles. The molecule has 0 atom stereocenters. The van der Waals surface area contributed by atoms with Gasteiger partial charge in [-0.05, 0) is 30.2 Å². The lowest BCUT2D eigenvalue weighted by molar-refractivity contribution is 0.574. The van der Waals surface area contributed by atoms with Gasteiger partial charge in [-0.1, -0.05) is 45.8 Å². The summed E-state index contributed by atoms with van der Waals surface area (Å²) in [6.07, 6.45) is 0. The van der Waals surface area contributed by atoms with E-state index in [4.69, 9.17) is 0 Å². The summed E-state index contributed by atoms with van der Waals surface area (Å²) in [5.74, 6) is -1.07. The molecule has 0 aliphatic heterocycles. The van der Waals surface area contributed by atoms with Gasteiger partial charge < -0.3 is 4.90 Å². The molecule has 2 rings (SSSR count). The van der Waals surface area contributed by atoms with Gasteiger partial charge in [0.1, 0.15) is 17.3 Å². The number of aryl methyl sites for hydroxylation is 1. The minimum atomic E-state index is -0.533. The first kappa shape index (κ1) is 15.0. The van der Waals surface area contributed by atoms with Gasteiger partial charge in [-0.15, -0.1) is 0 Å². The predicted molar refractivity (Wildman–Crippen MR) is 82.3 cm³/mol. The maximum atomic E-state index is 14.0. The van der Waals surface area contributed by atoms with Crippen LogP contribution in [0.25, 0.3) is 0 Å². The van der Waals surface area contributed by atoms with Gasteiger partial charge in [0.15, 0.2) is 0 Å². The van der Waals surface area contributed by atoms with Crippen molar-refractivity contribution < 1.29 is 8.78 Å². The highest BCUT2D eigenvalue weighted by atomic mass is 79.9. The smallest absolute Gasteiger partial charge is 0.149 e. The van der Waals surface area contributed by atoms with Crippen LogP contribution >= 0.6 is 15.9 Å². The van der Waals surface area contributed by atoms with Crippen LogP contribution in [0.2, 0.25) is 0 Å². The summed E-state index contributed by atoms with van der Waals surface area (Å²) < 4.78 is 28.0. The zero-order valence-electron chi connectivity index (χ0n) is 11.5. The Balaban J connectivity index is 2.25. The molecule has 0 spiro atoms. The van der Waals surface area contributed by atoms with Crippen molar-refractivity contribution in [2.45, 2.75) is 18.8 Å². The average molecular weight is 340 g/mol. The number of hydrogen-bond acceptors (Lipinski definition) is 1. The van der Waals surface area contributed by atoms with E-state index in [2.05, 4.69) is 15.9 Å². The summed E-state index contributed by atoms with van der Waals surface area (Å²) in [5.41, 5.74) is 2.78. The second-order valence-corrected chi connectivity index (χ2v) is 5.44. The molecule has 0 aliphatic rings. The third-order valence-electron chi connectivity index (χ3n) is 3.15. The highest BCUT2D eigenvalue weighted by Crippen LogP contribution is 2.26. The number of halogens is 3. The van der Waals surface area contributed by atoms with Crippen molar-refractivity contribution >= 4 is 21.6 Å². The summed E-state index contributed by atoms with van der Waals surface area (Å²) in [6, 6.07) is 10.6. The second-order valence-electron chi connectivity index (χ2n) is 4.88. The largest absolute Gasteiger partial charge is 0.366 e. The van der Waals surface area contributed by atoms with Crippen molar-refractivity contribution in [3.8, 4) is 0 Å². The van der Waals surface area contributed by atoms with E-state index < -0.39 is 11.6 Å². The van der Waals surface area contributed by atoms with E-state index in [0.29, 0.717) is 17.4 Å². The minimum absolute atomic E-state index is 0.00951. The van der Waals surface area contributed by atoms with E-state index in [1.165, 1.54) is 12.1 Å². The van der Waals surface area contributed by atoms with Crippen molar-refractivity contribution in [1.82, 2.24) is 0 Å². The Morgan fingerprint density at radius 3 is 2.05 bits per heavy atom. The quantitative estimate of drug-likeness (QED) is 0.723. The normalized spacial score (nSPS) is 10.7. The Kier molecular flexibility index (Phi) is 4.76. The Bertz CT molecular complexity index is 573. The van der Waals surface area contributed by atoms with Gasteiger partial charge in [-0.3, -0.25) is 0 Å². The van der Waals surface area contributed by atoms with Crippen LogP contribution in [-0.2, 0) is 11.9 Å². The molecule has 20 heavy (non-hydrogen) atoms. The Morgan fingerprint density at radius 1 is 1.00 bits per heavy atom. The Morgan fingerprint density at radius 2 is 1.55 bits per heavy atom. The first-order chi connectivity index (χ1) is 9.51. The maximum Gasteiger partial charge on any atom is 0.149 e.